The number of amides is 1. The molecule has 1 aliphatic rings. The quantitative estimate of drug-likeness (QED) is 0.834. The molecule has 1 saturated carbocycles. The third-order valence-electron chi connectivity index (χ3n) is 3.75. The number of hydrogen-bond donors (Lipinski definition) is 2. The van der Waals surface area contributed by atoms with Crippen LogP contribution in [0, 0.1) is 0 Å². The number of aromatic nitrogens is 2. The van der Waals surface area contributed by atoms with Crippen LogP contribution in [-0.4, -0.2) is 33.6 Å². The van der Waals surface area contributed by atoms with Gasteiger partial charge in [-0.1, -0.05) is 26.2 Å². The fraction of sp³-hybridized carbons (Fsp3) is 0.667. The second kappa shape index (κ2) is 7.33. The van der Waals surface area contributed by atoms with Crippen LogP contribution >= 0.6 is 0 Å². The van der Waals surface area contributed by atoms with E-state index in [4.69, 9.17) is 0 Å². The van der Waals surface area contributed by atoms with Gasteiger partial charge in [0.05, 0.1) is 6.10 Å². The summed E-state index contributed by atoms with van der Waals surface area (Å²) in [6, 6.07) is 1.62. The molecule has 0 aliphatic heterocycles. The number of nitrogens with one attached hydrogen (secondary N) is 1. The number of nitrogens with zero attached hydrogens (tertiary/aromatic N) is 2. The molecule has 0 bridgehead atoms. The molecule has 20 heavy (non-hydrogen) atoms. The molecule has 1 amide bonds. The summed E-state index contributed by atoms with van der Waals surface area (Å²) in [7, 11) is 0. The summed E-state index contributed by atoms with van der Waals surface area (Å²) in [5.74, 6) is 0.944. The molecule has 1 fully saturated rings. The van der Waals surface area contributed by atoms with E-state index in [1.807, 2.05) is 6.92 Å². The van der Waals surface area contributed by atoms with E-state index in [-0.39, 0.29) is 12.5 Å². The lowest BCUT2D eigenvalue weighted by Crippen LogP contribution is -2.32. The summed E-state index contributed by atoms with van der Waals surface area (Å²) < 4.78 is 0. The molecule has 1 aromatic heterocycles. The van der Waals surface area contributed by atoms with Crippen molar-refractivity contribution in [1.82, 2.24) is 15.3 Å². The lowest BCUT2D eigenvalue weighted by molar-refractivity contribution is 0.0904. The number of carbonyl (C=O) groups excluding carboxylic acids is 1. The summed E-state index contributed by atoms with van der Waals surface area (Å²) in [5, 5.41) is 12.3. The van der Waals surface area contributed by atoms with Gasteiger partial charge >= 0.3 is 0 Å². The Morgan fingerprint density at radius 1 is 1.50 bits per heavy atom. The third kappa shape index (κ3) is 4.00. The summed E-state index contributed by atoms with van der Waals surface area (Å²) in [4.78, 5) is 20.7. The maximum atomic E-state index is 12.0. The van der Waals surface area contributed by atoms with Gasteiger partial charge in [0, 0.05) is 18.7 Å². The van der Waals surface area contributed by atoms with Crippen LogP contribution in [0.3, 0.4) is 0 Å². The predicted octanol–water partition coefficient (Wildman–Crippen LogP) is 2.02. The SMILES string of the molecule is CCCC(O)CNC(=O)c1ccnc(C2CCCC2)n1. The van der Waals surface area contributed by atoms with Crippen LogP contribution in [0.15, 0.2) is 12.3 Å². The number of hydrogen-bond acceptors (Lipinski definition) is 4. The average Bonchev–Trinajstić information content (AvgIpc) is 2.99. The van der Waals surface area contributed by atoms with Crippen LogP contribution < -0.4 is 5.32 Å². The first-order valence-electron chi connectivity index (χ1n) is 7.50. The fourth-order valence-corrected chi connectivity index (χ4v) is 2.62. The topological polar surface area (TPSA) is 75.1 Å². The highest BCUT2D eigenvalue weighted by atomic mass is 16.3. The normalized spacial score (nSPS) is 17.1. The number of rotatable bonds is 6. The van der Waals surface area contributed by atoms with Gasteiger partial charge in [0.15, 0.2) is 0 Å². The minimum absolute atomic E-state index is 0.234. The third-order valence-corrected chi connectivity index (χ3v) is 3.75. The van der Waals surface area contributed by atoms with E-state index in [9.17, 15) is 9.90 Å². The highest BCUT2D eigenvalue weighted by Crippen LogP contribution is 2.31. The van der Waals surface area contributed by atoms with Crippen molar-refractivity contribution in [2.45, 2.75) is 57.5 Å². The van der Waals surface area contributed by atoms with Crippen molar-refractivity contribution in [3.63, 3.8) is 0 Å². The first kappa shape index (κ1) is 14.9. The van der Waals surface area contributed by atoms with Crippen LogP contribution in [0.25, 0.3) is 0 Å². The Bertz CT molecular complexity index is 444. The van der Waals surface area contributed by atoms with Crippen LogP contribution in [0.4, 0.5) is 0 Å². The van der Waals surface area contributed by atoms with Crippen molar-refractivity contribution in [3.05, 3.63) is 23.8 Å². The highest BCUT2D eigenvalue weighted by Gasteiger charge is 2.20. The zero-order chi connectivity index (χ0) is 14.4. The minimum atomic E-state index is -0.486. The molecule has 110 valence electrons. The molecule has 5 heteroatoms. The molecular formula is C15H23N3O2. The van der Waals surface area contributed by atoms with Crippen molar-refractivity contribution in [2.75, 3.05) is 6.54 Å². The smallest absolute Gasteiger partial charge is 0.270 e. The van der Waals surface area contributed by atoms with Gasteiger partial charge in [-0.25, -0.2) is 9.97 Å². The van der Waals surface area contributed by atoms with E-state index in [1.165, 1.54) is 12.8 Å². The minimum Gasteiger partial charge on any atom is -0.391 e. The lowest BCUT2D eigenvalue weighted by atomic mass is 10.1. The molecule has 5 nitrogen and oxygen atoms in total. The van der Waals surface area contributed by atoms with E-state index in [0.717, 1.165) is 25.1 Å². The van der Waals surface area contributed by atoms with Gasteiger partial charge in [-0.15, -0.1) is 0 Å². The molecule has 2 N–H and O–H groups in total. The molecule has 0 radical (unpaired) electrons. The zero-order valence-corrected chi connectivity index (χ0v) is 12.0. The van der Waals surface area contributed by atoms with Crippen molar-refractivity contribution in [2.24, 2.45) is 0 Å². The van der Waals surface area contributed by atoms with Crippen LogP contribution in [0.2, 0.25) is 0 Å². The predicted molar refractivity (Wildman–Crippen MR) is 76.5 cm³/mol. The summed E-state index contributed by atoms with van der Waals surface area (Å²) >= 11 is 0. The second-order valence-corrected chi connectivity index (χ2v) is 5.43. The molecule has 1 heterocycles. The molecule has 0 spiro atoms. The largest absolute Gasteiger partial charge is 0.391 e. The maximum Gasteiger partial charge on any atom is 0.270 e. The van der Waals surface area contributed by atoms with Gasteiger partial charge in [-0.05, 0) is 25.3 Å². The Morgan fingerprint density at radius 3 is 2.95 bits per heavy atom. The van der Waals surface area contributed by atoms with Crippen LogP contribution in [-0.2, 0) is 0 Å². The average molecular weight is 277 g/mol. The Morgan fingerprint density at radius 2 is 2.25 bits per heavy atom. The molecule has 1 aliphatic carbocycles. The Labute approximate surface area is 119 Å². The summed E-state index contributed by atoms with van der Waals surface area (Å²) in [6.07, 6.45) is 7.41. The van der Waals surface area contributed by atoms with E-state index < -0.39 is 6.10 Å². The molecule has 1 atom stereocenters. The Kier molecular flexibility index (Phi) is 5.47. The Hall–Kier alpha value is -1.49. The maximum absolute atomic E-state index is 12.0. The van der Waals surface area contributed by atoms with Crippen molar-refractivity contribution >= 4 is 5.91 Å². The van der Waals surface area contributed by atoms with E-state index in [2.05, 4.69) is 15.3 Å². The van der Waals surface area contributed by atoms with Crippen molar-refractivity contribution in [3.8, 4) is 0 Å². The molecule has 0 aromatic carbocycles. The van der Waals surface area contributed by atoms with Gasteiger partial charge in [-0.3, -0.25) is 4.79 Å². The fourth-order valence-electron chi connectivity index (χ4n) is 2.62. The van der Waals surface area contributed by atoms with Crippen LogP contribution in [0.1, 0.15) is 67.7 Å². The highest BCUT2D eigenvalue weighted by molar-refractivity contribution is 5.92. The summed E-state index contributed by atoms with van der Waals surface area (Å²) in [6.45, 7) is 2.28. The van der Waals surface area contributed by atoms with Gasteiger partial charge in [0.1, 0.15) is 11.5 Å². The summed E-state index contributed by atoms with van der Waals surface area (Å²) in [5.41, 5.74) is 0.394. The lowest BCUT2D eigenvalue weighted by Gasteiger charge is -2.11. The van der Waals surface area contributed by atoms with E-state index in [0.29, 0.717) is 18.0 Å². The van der Waals surface area contributed by atoms with Crippen molar-refractivity contribution in [1.29, 1.82) is 0 Å². The monoisotopic (exact) mass is 277 g/mol. The molecule has 2 rings (SSSR count). The second-order valence-electron chi connectivity index (χ2n) is 5.43. The standard InChI is InChI=1S/C15H23N3O2/c1-2-5-12(19)10-17-15(20)13-8-9-16-14(18-13)11-6-3-4-7-11/h8-9,11-12,19H,2-7,10H2,1H3,(H,17,20). The van der Waals surface area contributed by atoms with Gasteiger partial charge < -0.3 is 10.4 Å². The van der Waals surface area contributed by atoms with E-state index in [1.54, 1.807) is 12.3 Å². The molecule has 1 aromatic rings. The molecular weight excluding hydrogens is 254 g/mol. The first-order valence-corrected chi connectivity index (χ1v) is 7.50. The number of carbonyl (C=O) groups is 1. The Balaban J connectivity index is 1.94. The first-order chi connectivity index (χ1) is 9.70. The van der Waals surface area contributed by atoms with Crippen molar-refractivity contribution < 1.29 is 9.90 Å². The molecule has 1 unspecified atom stereocenters. The van der Waals surface area contributed by atoms with Gasteiger partial charge in [-0.2, -0.15) is 0 Å². The number of aliphatic hydroxyl groups excluding tert-OH is 1. The zero-order valence-electron chi connectivity index (χ0n) is 12.0. The van der Waals surface area contributed by atoms with E-state index >= 15 is 0 Å². The van der Waals surface area contributed by atoms with Crippen LogP contribution in [0.5, 0.6) is 0 Å². The van der Waals surface area contributed by atoms with Gasteiger partial charge in [0.2, 0.25) is 0 Å². The number of aliphatic hydroxyl groups is 1. The van der Waals surface area contributed by atoms with Gasteiger partial charge in [0.25, 0.3) is 5.91 Å². The molecule has 0 saturated heterocycles.